The number of nitrogens with zero attached hydrogens (tertiary/aromatic N) is 3. The molecular formula is C38H54N4O7Si. The molecule has 3 atom stereocenters. The third-order valence-corrected chi connectivity index (χ3v) is 14.4. The van der Waals surface area contributed by atoms with E-state index in [1.54, 1.807) is 33.8 Å². The van der Waals surface area contributed by atoms with Crippen molar-refractivity contribution in [1.29, 1.82) is 0 Å². The summed E-state index contributed by atoms with van der Waals surface area (Å²) in [6, 6.07) is 11.3. The van der Waals surface area contributed by atoms with E-state index in [9.17, 15) is 19.2 Å². The predicted molar refractivity (Wildman–Crippen MR) is 195 cm³/mol. The Hall–Kier alpha value is -3.87. The first-order valence-electron chi connectivity index (χ1n) is 17.6. The second-order valence-electron chi connectivity index (χ2n) is 15.5. The molecule has 2 heterocycles. The Bertz CT molecular complexity index is 1660. The normalized spacial score (nSPS) is 16.6. The van der Waals surface area contributed by atoms with E-state index in [0.717, 1.165) is 16.0 Å². The van der Waals surface area contributed by atoms with Crippen LogP contribution in [0.1, 0.15) is 89.5 Å². The molecule has 3 amide bonds. The maximum atomic E-state index is 14.4. The molecule has 1 fully saturated rings. The fourth-order valence-electron chi connectivity index (χ4n) is 5.72. The van der Waals surface area contributed by atoms with Crippen molar-refractivity contribution in [3.05, 3.63) is 65.5 Å². The number of hydrogen-bond donors (Lipinski definition) is 1. The summed E-state index contributed by atoms with van der Waals surface area (Å²) in [5, 5.41) is 0.0516. The number of imide groups is 1. The van der Waals surface area contributed by atoms with Crippen LogP contribution in [0.15, 0.2) is 52.9 Å². The van der Waals surface area contributed by atoms with Gasteiger partial charge in [-0.3, -0.25) is 19.3 Å². The van der Waals surface area contributed by atoms with Crippen molar-refractivity contribution >= 4 is 43.1 Å². The molecule has 0 saturated carbocycles. The second-order valence-corrected chi connectivity index (χ2v) is 20.3. The SMILES string of the molecule is CC(C)[C@H](N)C(=O)N(C(=O)N1CCCC1CC(=O)OCc1ccccc1)[C@H](C(=O)c1nc2cc(CO[Si](C)(C)C(C)(C)C)ccc2o1)C(C)C. The highest BCUT2D eigenvalue weighted by Gasteiger charge is 2.45. The van der Waals surface area contributed by atoms with Gasteiger partial charge >= 0.3 is 12.0 Å². The Labute approximate surface area is 297 Å². The van der Waals surface area contributed by atoms with Crippen LogP contribution in [0.3, 0.4) is 0 Å². The minimum Gasteiger partial charge on any atom is -0.461 e. The molecule has 11 nitrogen and oxygen atoms in total. The molecule has 0 radical (unpaired) electrons. The van der Waals surface area contributed by atoms with Crippen LogP contribution in [0.25, 0.3) is 11.1 Å². The van der Waals surface area contributed by atoms with E-state index in [-0.39, 0.29) is 29.9 Å². The lowest BCUT2D eigenvalue weighted by molar-refractivity contribution is -0.146. The van der Waals surface area contributed by atoms with Crippen LogP contribution < -0.4 is 5.73 Å². The van der Waals surface area contributed by atoms with E-state index in [2.05, 4.69) is 38.8 Å². The number of benzene rings is 2. The Kier molecular flexibility index (Phi) is 12.4. The van der Waals surface area contributed by atoms with E-state index in [1.165, 1.54) is 4.90 Å². The molecular weight excluding hydrogens is 653 g/mol. The van der Waals surface area contributed by atoms with Crippen LogP contribution in [-0.4, -0.2) is 71.5 Å². The molecule has 1 aliphatic rings. The number of urea groups is 1. The number of aromatic nitrogens is 1. The predicted octanol–water partition coefficient (Wildman–Crippen LogP) is 7.09. The zero-order valence-electron chi connectivity index (χ0n) is 31.0. The number of ketones is 1. The number of nitrogens with two attached hydrogens (primary N) is 1. The van der Waals surface area contributed by atoms with Crippen molar-refractivity contribution in [3.63, 3.8) is 0 Å². The van der Waals surface area contributed by atoms with Gasteiger partial charge in [0.05, 0.1) is 19.1 Å². The number of likely N-dealkylation sites (tertiary alicyclic amines) is 1. The van der Waals surface area contributed by atoms with Crippen LogP contribution in [0.5, 0.6) is 0 Å². The van der Waals surface area contributed by atoms with Gasteiger partial charge in [-0.25, -0.2) is 9.78 Å². The van der Waals surface area contributed by atoms with Gasteiger partial charge in [0.1, 0.15) is 18.2 Å². The average Bonchev–Trinajstić information content (AvgIpc) is 3.70. The van der Waals surface area contributed by atoms with Gasteiger partial charge in [0.2, 0.25) is 11.7 Å². The fraction of sp³-hybridized carbons (Fsp3) is 0.553. The smallest absolute Gasteiger partial charge is 0.327 e. The van der Waals surface area contributed by atoms with Gasteiger partial charge in [0.25, 0.3) is 5.89 Å². The van der Waals surface area contributed by atoms with Crippen molar-refractivity contribution in [2.24, 2.45) is 17.6 Å². The summed E-state index contributed by atoms with van der Waals surface area (Å²) in [5.74, 6) is -2.74. The van der Waals surface area contributed by atoms with Gasteiger partial charge in [-0.2, -0.15) is 0 Å². The third kappa shape index (κ3) is 9.07. The highest BCUT2D eigenvalue weighted by atomic mass is 28.4. The van der Waals surface area contributed by atoms with Gasteiger partial charge in [-0.15, -0.1) is 0 Å². The highest BCUT2D eigenvalue weighted by molar-refractivity contribution is 6.74. The zero-order chi connectivity index (χ0) is 37.0. The maximum Gasteiger partial charge on any atom is 0.327 e. The van der Waals surface area contributed by atoms with Crippen LogP contribution >= 0.6 is 0 Å². The number of fused-ring (bicyclic) bond motifs is 1. The molecule has 0 aliphatic carbocycles. The van der Waals surface area contributed by atoms with Crippen LogP contribution in [0.4, 0.5) is 4.79 Å². The van der Waals surface area contributed by atoms with Gasteiger partial charge in [-0.1, -0.05) is 84.9 Å². The van der Waals surface area contributed by atoms with E-state index < -0.39 is 56.1 Å². The lowest BCUT2D eigenvalue weighted by Crippen LogP contribution is -2.60. The lowest BCUT2D eigenvalue weighted by atomic mass is 9.95. The van der Waals surface area contributed by atoms with Gasteiger partial charge in [-0.05, 0) is 66.1 Å². The minimum absolute atomic E-state index is 0.0380. The molecule has 1 saturated heterocycles. The van der Waals surface area contributed by atoms with Crippen molar-refractivity contribution < 1.29 is 32.8 Å². The number of esters is 1. The summed E-state index contributed by atoms with van der Waals surface area (Å²) in [6.45, 7) is 18.8. The Morgan fingerprint density at radius 2 is 1.68 bits per heavy atom. The van der Waals surface area contributed by atoms with Crippen LogP contribution in [0, 0.1) is 11.8 Å². The fourth-order valence-corrected chi connectivity index (χ4v) is 6.68. The summed E-state index contributed by atoms with van der Waals surface area (Å²) < 4.78 is 17.8. The topological polar surface area (TPSA) is 145 Å². The Morgan fingerprint density at radius 1 is 1.00 bits per heavy atom. The maximum absolute atomic E-state index is 14.4. The molecule has 1 unspecified atom stereocenters. The molecule has 3 aromatic rings. The summed E-state index contributed by atoms with van der Waals surface area (Å²) in [6.07, 6.45) is 1.15. The van der Waals surface area contributed by atoms with Crippen molar-refractivity contribution in [2.75, 3.05) is 6.54 Å². The lowest BCUT2D eigenvalue weighted by Gasteiger charge is -2.37. The highest BCUT2D eigenvalue weighted by Crippen LogP contribution is 2.37. The number of hydrogen-bond acceptors (Lipinski definition) is 9. The van der Waals surface area contributed by atoms with Gasteiger partial charge in [0, 0.05) is 12.6 Å². The number of oxazole rings is 1. The van der Waals surface area contributed by atoms with E-state index in [4.69, 9.17) is 19.3 Å². The largest absolute Gasteiger partial charge is 0.461 e. The van der Waals surface area contributed by atoms with Crippen LogP contribution in [0.2, 0.25) is 18.1 Å². The number of amides is 3. The first-order valence-corrected chi connectivity index (χ1v) is 20.5. The second kappa shape index (κ2) is 16.0. The number of ether oxygens (including phenoxy) is 1. The molecule has 4 rings (SSSR count). The van der Waals surface area contributed by atoms with Crippen molar-refractivity contribution in [2.45, 2.75) is 117 Å². The van der Waals surface area contributed by atoms with Crippen LogP contribution in [-0.2, 0) is 32.0 Å². The van der Waals surface area contributed by atoms with Crippen molar-refractivity contribution in [3.8, 4) is 0 Å². The van der Waals surface area contributed by atoms with E-state index in [0.29, 0.717) is 37.1 Å². The molecule has 12 heteroatoms. The molecule has 1 aromatic heterocycles. The molecule has 2 aromatic carbocycles. The summed E-state index contributed by atoms with van der Waals surface area (Å²) in [4.78, 5) is 62.6. The number of carbonyl (C=O) groups excluding carboxylic acids is 4. The first-order chi connectivity index (χ1) is 23.4. The van der Waals surface area contributed by atoms with E-state index in [1.807, 2.05) is 42.5 Å². The summed E-state index contributed by atoms with van der Waals surface area (Å²) >= 11 is 0. The molecule has 50 heavy (non-hydrogen) atoms. The summed E-state index contributed by atoms with van der Waals surface area (Å²) in [7, 11) is -2.00. The number of carbonyl (C=O) groups is 4. The number of Topliss-reactive ketones (excluding diaryl/α,β-unsaturated/α-hetero) is 1. The third-order valence-electron chi connectivity index (χ3n) is 9.96. The summed E-state index contributed by atoms with van der Waals surface area (Å²) in [5.41, 5.74) is 8.98. The minimum atomic E-state index is -2.00. The zero-order valence-corrected chi connectivity index (χ0v) is 32.0. The Balaban J connectivity index is 1.59. The Morgan fingerprint density at radius 3 is 2.30 bits per heavy atom. The molecule has 1 aliphatic heterocycles. The quantitative estimate of drug-likeness (QED) is 0.112. The number of rotatable bonds is 13. The molecule has 272 valence electrons. The van der Waals surface area contributed by atoms with Gasteiger partial charge in [0.15, 0.2) is 13.9 Å². The molecule has 0 bridgehead atoms. The molecule has 0 spiro atoms. The van der Waals surface area contributed by atoms with E-state index >= 15 is 0 Å². The van der Waals surface area contributed by atoms with Gasteiger partial charge < -0.3 is 24.2 Å². The average molecular weight is 707 g/mol. The first kappa shape index (κ1) is 38.9. The molecule has 2 N–H and O–H groups in total. The monoisotopic (exact) mass is 706 g/mol. The van der Waals surface area contributed by atoms with Crippen molar-refractivity contribution in [1.82, 2.24) is 14.8 Å². The standard InChI is InChI=1S/C38H54N4O7Si/c1-24(2)32(39)36(45)42(37(46)41-19-13-16-28(41)21-31(43)47-22-26-14-11-10-12-15-26)33(25(3)4)34(44)35-40-29-20-27(17-18-30(29)49-35)23-48-50(8,9)38(5,6)7/h10-12,14-15,17-18,20,24-25,28,32-33H,13,16,19,21-23,39H2,1-9H3/t28?,32-,33-/m0/s1.